The van der Waals surface area contributed by atoms with Crippen LogP contribution < -0.4 is 5.46 Å². The average molecular weight is 289 g/mol. The summed E-state index contributed by atoms with van der Waals surface area (Å²) in [5.74, 6) is 0.722. The van der Waals surface area contributed by atoms with Gasteiger partial charge in [0.1, 0.15) is 0 Å². The lowest BCUT2D eigenvalue weighted by atomic mass is 9.79. The summed E-state index contributed by atoms with van der Waals surface area (Å²) in [6, 6.07) is 8.39. The van der Waals surface area contributed by atoms with Crippen molar-refractivity contribution in [1.29, 1.82) is 0 Å². The lowest BCUT2D eigenvalue weighted by Crippen LogP contribution is -2.35. The molecule has 0 aromatic heterocycles. The maximum Gasteiger partial charge on any atom is 0.488 e. The lowest BCUT2D eigenvalue weighted by molar-refractivity contribution is 0.179. The Hall–Kier alpha value is -0.835. The summed E-state index contributed by atoms with van der Waals surface area (Å²) in [4.78, 5) is 2.59. The first-order valence-corrected chi connectivity index (χ1v) is 8.25. The maximum absolute atomic E-state index is 9.31. The average Bonchev–Trinajstić information content (AvgIpc) is 2.97. The van der Waals surface area contributed by atoms with E-state index in [0.29, 0.717) is 11.5 Å². The Morgan fingerprint density at radius 3 is 2.57 bits per heavy atom. The Morgan fingerprint density at radius 1 is 1.24 bits per heavy atom. The highest BCUT2D eigenvalue weighted by Crippen LogP contribution is 2.25. The normalized spacial score (nSPS) is 16.1. The monoisotopic (exact) mass is 289 g/mol. The van der Waals surface area contributed by atoms with Crippen LogP contribution in [0.1, 0.15) is 51.5 Å². The fourth-order valence-electron chi connectivity index (χ4n) is 3.17. The van der Waals surface area contributed by atoms with Gasteiger partial charge in [-0.15, -0.1) is 0 Å². The van der Waals surface area contributed by atoms with Gasteiger partial charge >= 0.3 is 7.12 Å². The van der Waals surface area contributed by atoms with E-state index in [1.807, 2.05) is 12.1 Å². The van der Waals surface area contributed by atoms with E-state index in [1.165, 1.54) is 37.7 Å². The molecule has 4 heteroatoms. The second-order valence-corrected chi connectivity index (χ2v) is 6.71. The van der Waals surface area contributed by atoms with Crippen LogP contribution in [-0.4, -0.2) is 34.7 Å². The van der Waals surface area contributed by atoms with E-state index >= 15 is 0 Å². The molecule has 0 spiro atoms. The second-order valence-electron chi connectivity index (χ2n) is 6.71. The molecule has 0 radical (unpaired) electrons. The second kappa shape index (κ2) is 7.97. The third-order valence-corrected chi connectivity index (χ3v) is 4.47. The molecule has 0 unspecified atom stereocenters. The lowest BCUT2D eigenvalue weighted by Gasteiger charge is -2.29. The number of nitrogens with zero attached hydrogens (tertiary/aromatic N) is 1. The minimum atomic E-state index is -1.37. The molecule has 1 saturated carbocycles. The van der Waals surface area contributed by atoms with Gasteiger partial charge in [0.25, 0.3) is 0 Å². The summed E-state index contributed by atoms with van der Waals surface area (Å²) in [5, 5.41) is 18.6. The van der Waals surface area contributed by atoms with Crippen molar-refractivity contribution in [3.8, 4) is 0 Å². The first-order valence-electron chi connectivity index (χ1n) is 8.25. The van der Waals surface area contributed by atoms with Crippen LogP contribution in [0.3, 0.4) is 0 Å². The fraction of sp³-hybridized carbons (Fsp3) is 0.647. The molecule has 1 fully saturated rings. The number of hydrogen-bond acceptors (Lipinski definition) is 3. The summed E-state index contributed by atoms with van der Waals surface area (Å²) in [5.41, 5.74) is 1.76. The first kappa shape index (κ1) is 16.5. The van der Waals surface area contributed by atoms with Gasteiger partial charge in [-0.2, -0.15) is 0 Å². The van der Waals surface area contributed by atoms with Gasteiger partial charge in [0.15, 0.2) is 0 Å². The van der Waals surface area contributed by atoms with Gasteiger partial charge in [-0.05, 0) is 42.8 Å². The van der Waals surface area contributed by atoms with Gasteiger partial charge in [-0.1, -0.05) is 51.0 Å². The van der Waals surface area contributed by atoms with E-state index in [-0.39, 0.29) is 0 Å². The Kier molecular flexibility index (Phi) is 6.28. The van der Waals surface area contributed by atoms with Gasteiger partial charge < -0.3 is 10.0 Å². The summed E-state index contributed by atoms with van der Waals surface area (Å²) in [6.45, 7) is 6.59. The number of hydrogen-bond donors (Lipinski definition) is 2. The van der Waals surface area contributed by atoms with Gasteiger partial charge in [-0.3, -0.25) is 4.90 Å². The van der Waals surface area contributed by atoms with E-state index in [0.717, 1.165) is 19.0 Å². The Labute approximate surface area is 129 Å². The smallest absolute Gasteiger partial charge is 0.423 e. The molecule has 1 aliphatic carbocycles. The molecule has 0 atom stereocenters. The van der Waals surface area contributed by atoms with Crippen LogP contribution in [0.15, 0.2) is 24.3 Å². The maximum atomic E-state index is 9.31. The minimum absolute atomic E-state index is 0.586. The van der Waals surface area contributed by atoms with E-state index in [9.17, 15) is 10.0 Å². The van der Waals surface area contributed by atoms with Crippen molar-refractivity contribution in [1.82, 2.24) is 4.90 Å². The molecule has 2 rings (SSSR count). The largest absolute Gasteiger partial charge is 0.488 e. The van der Waals surface area contributed by atoms with E-state index < -0.39 is 7.12 Å². The van der Waals surface area contributed by atoms with Gasteiger partial charge in [0, 0.05) is 12.6 Å². The number of rotatable bonds is 7. The Morgan fingerprint density at radius 2 is 1.95 bits per heavy atom. The summed E-state index contributed by atoms with van der Waals surface area (Å²) in [6.07, 6.45) is 6.52. The van der Waals surface area contributed by atoms with Crippen molar-refractivity contribution < 1.29 is 10.0 Å². The molecule has 1 aromatic rings. The van der Waals surface area contributed by atoms with Crippen molar-refractivity contribution in [2.45, 2.75) is 58.5 Å². The standard InChI is InChI=1S/C17H28BNO2/c1-14(2)10-11-19(17-8-3-4-9-17)13-15-6-5-7-16(12-15)18(20)21/h5-7,12,14,17,20-21H,3-4,8-11,13H2,1-2H3. The third kappa shape index (κ3) is 5.13. The minimum Gasteiger partial charge on any atom is -0.423 e. The van der Waals surface area contributed by atoms with Crippen LogP contribution in [0.4, 0.5) is 0 Å². The zero-order chi connectivity index (χ0) is 15.2. The molecule has 0 saturated heterocycles. The van der Waals surface area contributed by atoms with Crippen molar-refractivity contribution in [2.24, 2.45) is 5.92 Å². The molecule has 2 N–H and O–H groups in total. The van der Waals surface area contributed by atoms with Crippen LogP contribution in [0.5, 0.6) is 0 Å². The summed E-state index contributed by atoms with van der Waals surface area (Å²) in [7, 11) is -1.37. The Bertz CT molecular complexity index is 431. The van der Waals surface area contributed by atoms with Crippen molar-refractivity contribution in [2.75, 3.05) is 6.54 Å². The topological polar surface area (TPSA) is 43.7 Å². The van der Waals surface area contributed by atoms with E-state index in [4.69, 9.17) is 0 Å². The summed E-state index contributed by atoms with van der Waals surface area (Å²) < 4.78 is 0. The zero-order valence-electron chi connectivity index (χ0n) is 13.3. The quantitative estimate of drug-likeness (QED) is 0.756. The molecule has 1 aliphatic rings. The van der Waals surface area contributed by atoms with Crippen LogP contribution in [0, 0.1) is 5.92 Å². The van der Waals surface area contributed by atoms with Crippen LogP contribution >= 0.6 is 0 Å². The molecule has 0 aliphatic heterocycles. The fourth-order valence-corrected chi connectivity index (χ4v) is 3.17. The predicted octanol–water partition coefficient (Wildman–Crippen LogP) is 2.16. The van der Waals surface area contributed by atoms with Crippen molar-refractivity contribution >= 4 is 12.6 Å². The molecular weight excluding hydrogens is 261 g/mol. The molecule has 3 nitrogen and oxygen atoms in total. The van der Waals surface area contributed by atoms with Crippen molar-refractivity contribution in [3.05, 3.63) is 29.8 Å². The van der Waals surface area contributed by atoms with Crippen molar-refractivity contribution in [3.63, 3.8) is 0 Å². The Balaban J connectivity index is 2.04. The molecule has 116 valence electrons. The molecule has 21 heavy (non-hydrogen) atoms. The highest BCUT2D eigenvalue weighted by molar-refractivity contribution is 6.58. The predicted molar refractivity (Wildman–Crippen MR) is 88.4 cm³/mol. The van der Waals surface area contributed by atoms with Gasteiger partial charge in [0.05, 0.1) is 0 Å². The highest BCUT2D eigenvalue weighted by atomic mass is 16.4. The van der Waals surface area contributed by atoms with Crippen LogP contribution in [0.2, 0.25) is 0 Å². The van der Waals surface area contributed by atoms with E-state index in [2.05, 4.69) is 24.8 Å². The third-order valence-electron chi connectivity index (χ3n) is 4.47. The molecule has 0 bridgehead atoms. The van der Waals surface area contributed by atoms with E-state index in [1.54, 1.807) is 6.07 Å². The molecular formula is C17H28BNO2. The van der Waals surface area contributed by atoms with Gasteiger partial charge in [0.2, 0.25) is 0 Å². The molecule has 1 aromatic carbocycles. The zero-order valence-corrected chi connectivity index (χ0v) is 13.3. The molecule has 0 heterocycles. The van der Waals surface area contributed by atoms with Crippen LogP contribution in [-0.2, 0) is 6.54 Å². The molecule has 0 amide bonds. The van der Waals surface area contributed by atoms with Crippen LogP contribution in [0.25, 0.3) is 0 Å². The highest BCUT2D eigenvalue weighted by Gasteiger charge is 2.23. The first-order chi connectivity index (χ1) is 10.1. The number of benzene rings is 1. The van der Waals surface area contributed by atoms with Gasteiger partial charge in [-0.25, -0.2) is 0 Å². The SMILES string of the molecule is CC(C)CCN(Cc1cccc(B(O)O)c1)C1CCCC1. The summed E-state index contributed by atoms with van der Waals surface area (Å²) >= 11 is 0.